The molecule has 0 radical (unpaired) electrons. The first-order valence-electron chi connectivity index (χ1n) is 13.3. The molecule has 32 heavy (non-hydrogen) atoms. The minimum atomic E-state index is -1.40. The highest BCUT2D eigenvalue weighted by atomic mass is 16.4. The van der Waals surface area contributed by atoms with E-state index in [0.717, 1.165) is 32.1 Å². The summed E-state index contributed by atoms with van der Waals surface area (Å²) in [4.78, 5) is 0. The van der Waals surface area contributed by atoms with E-state index < -0.39 is 29.3 Å². The normalized spacial score (nSPS) is 51.6. The van der Waals surface area contributed by atoms with Gasteiger partial charge in [0.2, 0.25) is 0 Å². The molecule has 4 nitrogen and oxygen atoms in total. The lowest BCUT2D eigenvalue weighted by Crippen LogP contribution is -2.73. The van der Waals surface area contributed by atoms with Crippen LogP contribution in [0.2, 0.25) is 0 Å². The van der Waals surface area contributed by atoms with E-state index in [2.05, 4.69) is 41.2 Å². The number of hydrogen-bond donors (Lipinski definition) is 4. The van der Waals surface area contributed by atoms with Crippen molar-refractivity contribution in [2.75, 3.05) is 0 Å². The third-order valence-electron chi connectivity index (χ3n) is 11.4. The van der Waals surface area contributed by atoms with Crippen LogP contribution in [-0.4, -0.2) is 44.3 Å². The number of aliphatic hydroxyl groups is 4. The van der Waals surface area contributed by atoms with Crippen molar-refractivity contribution in [1.29, 1.82) is 0 Å². The molecule has 0 saturated heterocycles. The van der Waals surface area contributed by atoms with Crippen LogP contribution >= 0.6 is 0 Å². The van der Waals surface area contributed by atoms with E-state index in [1.807, 2.05) is 0 Å². The minimum absolute atomic E-state index is 0.0343. The molecule has 4 saturated carbocycles. The molecule has 0 heterocycles. The summed E-state index contributed by atoms with van der Waals surface area (Å²) in [5.74, 6) is 2.43. The average Bonchev–Trinajstić information content (AvgIpc) is 3.09. The molecule has 0 amide bonds. The maximum Gasteiger partial charge on any atom is 0.109 e. The van der Waals surface area contributed by atoms with Gasteiger partial charge in [-0.25, -0.2) is 0 Å². The fourth-order valence-electron chi connectivity index (χ4n) is 9.13. The molecule has 184 valence electrons. The molecule has 0 aliphatic heterocycles. The number of aliphatic hydroxyl groups excluding tert-OH is 3. The van der Waals surface area contributed by atoms with E-state index in [9.17, 15) is 20.4 Å². The summed E-state index contributed by atoms with van der Waals surface area (Å²) in [5.41, 5.74) is -0.324. The van der Waals surface area contributed by atoms with Crippen LogP contribution in [0.1, 0.15) is 92.4 Å². The molecule has 4 fully saturated rings. The van der Waals surface area contributed by atoms with Gasteiger partial charge >= 0.3 is 0 Å². The molecular formula is C28H48O4. The molecular weight excluding hydrogens is 400 g/mol. The molecule has 0 aromatic rings. The SMILES string of the molecule is C=C(CC[C@@H](C)[C@H]1CCC2C3C(CC[C@@]21C)[C@@]1(C)CC[C@H](O)C[C@]1(O)[C@H](O)[C@@H]3O)C(C)C. The van der Waals surface area contributed by atoms with Gasteiger partial charge in [-0.05, 0) is 92.3 Å². The molecule has 0 aromatic carbocycles. The van der Waals surface area contributed by atoms with Crippen LogP contribution in [0.4, 0.5) is 0 Å². The van der Waals surface area contributed by atoms with Gasteiger partial charge in [0, 0.05) is 11.8 Å². The quantitative estimate of drug-likeness (QED) is 0.460. The third-order valence-corrected chi connectivity index (χ3v) is 11.4. The Morgan fingerprint density at radius 2 is 1.66 bits per heavy atom. The van der Waals surface area contributed by atoms with Crippen LogP contribution in [0.15, 0.2) is 12.2 Å². The molecule has 4 aliphatic rings. The molecule has 0 aromatic heterocycles. The van der Waals surface area contributed by atoms with Gasteiger partial charge in [-0.2, -0.15) is 0 Å². The van der Waals surface area contributed by atoms with Crippen LogP contribution in [0, 0.1) is 46.3 Å². The third kappa shape index (κ3) is 3.46. The van der Waals surface area contributed by atoms with Crippen molar-refractivity contribution >= 4 is 0 Å². The van der Waals surface area contributed by atoms with E-state index in [1.54, 1.807) is 0 Å². The fourth-order valence-corrected chi connectivity index (χ4v) is 9.13. The van der Waals surface area contributed by atoms with E-state index in [1.165, 1.54) is 18.4 Å². The standard InChI is InChI=1S/C28H48O4/c1-16(2)17(3)7-8-18(4)20-9-10-21-23-22(12-13-26(20,21)5)27(6)14-11-19(29)15-28(27,32)25(31)24(23)30/h16,18-25,29-32H,3,7-15H2,1-2,4-6H3/t18-,19+,20-,21?,22?,23?,24-,25-,26-,27-,28+/m1/s1. The second-order valence-electron chi connectivity index (χ2n) is 13.0. The lowest BCUT2D eigenvalue weighted by Gasteiger charge is -2.66. The van der Waals surface area contributed by atoms with Crippen molar-refractivity contribution in [3.63, 3.8) is 0 Å². The van der Waals surface area contributed by atoms with E-state index in [4.69, 9.17) is 0 Å². The Morgan fingerprint density at radius 3 is 2.31 bits per heavy atom. The Labute approximate surface area is 195 Å². The van der Waals surface area contributed by atoms with Crippen molar-refractivity contribution in [2.24, 2.45) is 46.3 Å². The van der Waals surface area contributed by atoms with Gasteiger partial charge in [0.25, 0.3) is 0 Å². The van der Waals surface area contributed by atoms with Gasteiger partial charge in [0.05, 0.1) is 12.2 Å². The monoisotopic (exact) mass is 448 g/mol. The van der Waals surface area contributed by atoms with Crippen LogP contribution in [0.25, 0.3) is 0 Å². The fraction of sp³-hybridized carbons (Fsp3) is 0.929. The Balaban J connectivity index is 1.58. The maximum absolute atomic E-state index is 11.6. The summed E-state index contributed by atoms with van der Waals surface area (Å²) in [6.07, 6.45) is 5.58. The van der Waals surface area contributed by atoms with E-state index in [-0.39, 0.29) is 23.7 Å². The van der Waals surface area contributed by atoms with Crippen LogP contribution in [0.3, 0.4) is 0 Å². The zero-order chi connectivity index (χ0) is 23.6. The molecule has 0 spiro atoms. The summed E-state index contributed by atoms with van der Waals surface area (Å²) < 4.78 is 0. The minimum Gasteiger partial charge on any atom is -0.393 e. The lowest BCUT2D eigenvalue weighted by molar-refractivity contribution is -0.297. The second kappa shape index (κ2) is 8.36. The van der Waals surface area contributed by atoms with Crippen molar-refractivity contribution in [2.45, 2.75) is 116 Å². The summed E-state index contributed by atoms with van der Waals surface area (Å²) in [7, 11) is 0. The van der Waals surface area contributed by atoms with Crippen LogP contribution < -0.4 is 0 Å². The summed E-state index contributed by atoms with van der Waals surface area (Å²) in [6.45, 7) is 15.7. The molecule has 0 bridgehead atoms. The zero-order valence-electron chi connectivity index (χ0n) is 21.1. The lowest BCUT2D eigenvalue weighted by atomic mass is 9.41. The number of rotatable bonds is 5. The van der Waals surface area contributed by atoms with Gasteiger partial charge in [-0.15, -0.1) is 0 Å². The number of hydrogen-bond acceptors (Lipinski definition) is 4. The average molecular weight is 449 g/mol. The second-order valence-corrected chi connectivity index (χ2v) is 13.0. The van der Waals surface area contributed by atoms with E-state index in [0.29, 0.717) is 30.1 Å². The van der Waals surface area contributed by atoms with Gasteiger partial charge in [0.15, 0.2) is 0 Å². The smallest absolute Gasteiger partial charge is 0.109 e. The summed E-state index contributed by atoms with van der Waals surface area (Å²) >= 11 is 0. The Kier molecular flexibility index (Phi) is 6.45. The van der Waals surface area contributed by atoms with Crippen molar-refractivity contribution in [3.8, 4) is 0 Å². The molecule has 4 heteroatoms. The Hall–Kier alpha value is -0.420. The zero-order valence-corrected chi connectivity index (χ0v) is 21.1. The predicted octanol–water partition coefficient (Wildman–Crippen LogP) is 4.69. The Morgan fingerprint density at radius 1 is 0.969 bits per heavy atom. The first-order chi connectivity index (χ1) is 14.9. The van der Waals surface area contributed by atoms with Gasteiger partial charge in [-0.1, -0.05) is 46.8 Å². The van der Waals surface area contributed by atoms with Gasteiger partial charge in [0.1, 0.15) is 11.7 Å². The Bertz CT molecular complexity index is 720. The largest absolute Gasteiger partial charge is 0.393 e. The van der Waals surface area contributed by atoms with Crippen molar-refractivity contribution in [1.82, 2.24) is 0 Å². The topological polar surface area (TPSA) is 80.9 Å². The predicted molar refractivity (Wildman–Crippen MR) is 128 cm³/mol. The van der Waals surface area contributed by atoms with E-state index >= 15 is 0 Å². The van der Waals surface area contributed by atoms with Crippen molar-refractivity contribution in [3.05, 3.63) is 12.2 Å². The molecule has 11 atom stereocenters. The first kappa shape index (κ1) is 24.7. The molecule has 4 rings (SSSR count). The van der Waals surface area contributed by atoms with Gasteiger partial charge in [-0.3, -0.25) is 0 Å². The first-order valence-corrected chi connectivity index (χ1v) is 13.3. The van der Waals surface area contributed by atoms with Crippen LogP contribution in [0.5, 0.6) is 0 Å². The van der Waals surface area contributed by atoms with Crippen LogP contribution in [-0.2, 0) is 0 Å². The summed E-state index contributed by atoms with van der Waals surface area (Å²) in [6, 6.07) is 0. The van der Waals surface area contributed by atoms with Crippen molar-refractivity contribution < 1.29 is 20.4 Å². The highest BCUT2D eigenvalue weighted by Crippen LogP contribution is 2.69. The number of allylic oxidation sites excluding steroid dienone is 1. The molecule has 3 unspecified atom stereocenters. The number of fused-ring (bicyclic) bond motifs is 5. The molecule has 4 N–H and O–H groups in total. The molecule has 4 aliphatic carbocycles. The highest BCUT2D eigenvalue weighted by molar-refractivity contribution is 5.19. The summed E-state index contributed by atoms with van der Waals surface area (Å²) in [5, 5.41) is 44.5. The maximum atomic E-state index is 11.6. The van der Waals surface area contributed by atoms with Gasteiger partial charge < -0.3 is 20.4 Å². The highest BCUT2D eigenvalue weighted by Gasteiger charge is 2.70.